The topological polar surface area (TPSA) is 20.3 Å². The molecule has 0 fully saturated rings. The highest BCUT2D eigenvalue weighted by atomic mass is 16.1. The zero-order valence-corrected chi connectivity index (χ0v) is 8.66. The molecule has 0 aliphatic carbocycles. The van der Waals surface area contributed by atoms with Crippen molar-refractivity contribution in [2.24, 2.45) is 0 Å². The maximum absolute atomic E-state index is 10.4. The molecule has 0 saturated heterocycles. The smallest absolute Gasteiger partial charge is 0.150 e. The summed E-state index contributed by atoms with van der Waals surface area (Å²) < 4.78 is 0. The third kappa shape index (κ3) is 2.73. The lowest BCUT2D eigenvalue weighted by atomic mass is 10.2. The van der Waals surface area contributed by atoms with E-state index >= 15 is 0 Å². The van der Waals surface area contributed by atoms with Crippen molar-refractivity contribution in [3.05, 3.63) is 42.0 Å². The van der Waals surface area contributed by atoms with E-state index < -0.39 is 0 Å². The van der Waals surface area contributed by atoms with Crippen molar-refractivity contribution in [3.63, 3.8) is 0 Å². The Labute approximate surface area is 84.9 Å². The van der Waals surface area contributed by atoms with Crippen LogP contribution >= 0.6 is 0 Å². The molecule has 0 aliphatic heterocycles. The van der Waals surface area contributed by atoms with E-state index in [-0.39, 0.29) is 0 Å². The van der Waals surface area contributed by atoms with E-state index in [2.05, 4.69) is 11.5 Å². The first-order chi connectivity index (χ1) is 6.63. The van der Waals surface area contributed by atoms with E-state index in [1.807, 2.05) is 38.2 Å². The van der Waals surface area contributed by atoms with Crippen LogP contribution in [0, 0.1) is 0 Å². The van der Waals surface area contributed by atoms with Crippen molar-refractivity contribution in [3.8, 4) is 0 Å². The molecular formula is C12H15NO. The van der Waals surface area contributed by atoms with Crippen molar-refractivity contribution >= 4 is 12.0 Å². The maximum atomic E-state index is 10.4. The minimum Gasteiger partial charge on any atom is -0.371 e. The number of likely N-dealkylation sites (N-methyl/N-ethyl adjacent to an activating group) is 1. The van der Waals surface area contributed by atoms with Crippen molar-refractivity contribution < 1.29 is 4.79 Å². The predicted molar refractivity (Wildman–Crippen MR) is 59.9 cm³/mol. The molecule has 0 amide bonds. The lowest BCUT2D eigenvalue weighted by molar-refractivity contribution is 0.112. The van der Waals surface area contributed by atoms with Crippen molar-refractivity contribution in [2.75, 3.05) is 18.5 Å². The minimum atomic E-state index is 0.706. The van der Waals surface area contributed by atoms with Crippen molar-refractivity contribution in [1.29, 1.82) is 0 Å². The largest absolute Gasteiger partial charge is 0.371 e. The first kappa shape index (κ1) is 10.5. The number of hydrogen-bond acceptors (Lipinski definition) is 2. The second-order valence-electron chi connectivity index (χ2n) is 3.52. The Morgan fingerprint density at radius 2 is 2.00 bits per heavy atom. The van der Waals surface area contributed by atoms with E-state index in [4.69, 9.17) is 0 Å². The van der Waals surface area contributed by atoms with E-state index in [0.717, 1.165) is 24.1 Å². The Bertz CT molecular complexity index is 327. The van der Waals surface area contributed by atoms with Crippen LogP contribution in [-0.2, 0) is 0 Å². The van der Waals surface area contributed by atoms with Gasteiger partial charge in [-0.3, -0.25) is 4.79 Å². The van der Waals surface area contributed by atoms with E-state index in [9.17, 15) is 4.79 Å². The summed E-state index contributed by atoms with van der Waals surface area (Å²) in [4.78, 5) is 12.5. The van der Waals surface area contributed by atoms with Gasteiger partial charge < -0.3 is 4.90 Å². The lowest BCUT2D eigenvalue weighted by Crippen LogP contribution is -2.18. The second kappa shape index (κ2) is 4.61. The average Bonchev–Trinajstić information content (AvgIpc) is 2.17. The molecule has 0 aliphatic rings. The molecule has 0 saturated carbocycles. The Kier molecular flexibility index (Phi) is 3.46. The number of aldehydes is 1. The van der Waals surface area contributed by atoms with Gasteiger partial charge in [0.05, 0.1) is 0 Å². The van der Waals surface area contributed by atoms with Gasteiger partial charge in [0.15, 0.2) is 0 Å². The van der Waals surface area contributed by atoms with Crippen molar-refractivity contribution in [1.82, 2.24) is 0 Å². The van der Waals surface area contributed by atoms with E-state index in [1.54, 1.807) is 0 Å². The summed E-state index contributed by atoms with van der Waals surface area (Å²) in [5, 5.41) is 0. The highest BCUT2D eigenvalue weighted by Gasteiger charge is 1.99. The molecule has 0 unspecified atom stereocenters. The molecule has 1 rings (SSSR count). The Balaban J connectivity index is 2.75. The zero-order valence-electron chi connectivity index (χ0n) is 8.66. The molecule has 0 bridgehead atoms. The van der Waals surface area contributed by atoms with Gasteiger partial charge in [0, 0.05) is 24.8 Å². The third-order valence-electron chi connectivity index (χ3n) is 1.98. The first-order valence-electron chi connectivity index (χ1n) is 4.54. The minimum absolute atomic E-state index is 0.706. The van der Waals surface area contributed by atoms with Crippen LogP contribution in [-0.4, -0.2) is 19.9 Å². The Morgan fingerprint density at radius 3 is 2.43 bits per heavy atom. The Hall–Kier alpha value is -1.57. The predicted octanol–water partition coefficient (Wildman–Crippen LogP) is 2.51. The van der Waals surface area contributed by atoms with Gasteiger partial charge >= 0.3 is 0 Å². The lowest BCUT2D eigenvalue weighted by Gasteiger charge is -2.19. The molecular weight excluding hydrogens is 174 g/mol. The molecule has 74 valence electrons. The van der Waals surface area contributed by atoms with E-state index in [1.165, 1.54) is 0 Å². The molecule has 1 aromatic carbocycles. The van der Waals surface area contributed by atoms with Crippen molar-refractivity contribution in [2.45, 2.75) is 6.92 Å². The third-order valence-corrected chi connectivity index (χ3v) is 1.98. The summed E-state index contributed by atoms with van der Waals surface area (Å²) in [5.74, 6) is 0. The number of anilines is 1. The second-order valence-corrected chi connectivity index (χ2v) is 3.52. The fourth-order valence-electron chi connectivity index (χ4n) is 1.30. The number of nitrogens with zero attached hydrogens (tertiary/aromatic N) is 1. The standard InChI is InChI=1S/C12H15NO/c1-10(2)8-13(3)12-6-4-11(9-14)5-7-12/h4-7,9H,1,8H2,2-3H3. The average molecular weight is 189 g/mol. The van der Waals surface area contributed by atoms with Crippen LogP contribution < -0.4 is 4.90 Å². The molecule has 0 N–H and O–H groups in total. The van der Waals surface area contributed by atoms with Gasteiger partial charge in [0.25, 0.3) is 0 Å². The molecule has 1 aromatic rings. The number of hydrogen-bond donors (Lipinski definition) is 0. The molecule has 0 atom stereocenters. The Morgan fingerprint density at radius 1 is 1.43 bits per heavy atom. The molecule has 2 heteroatoms. The highest BCUT2D eigenvalue weighted by Crippen LogP contribution is 2.13. The molecule has 0 spiro atoms. The fourth-order valence-corrected chi connectivity index (χ4v) is 1.30. The number of rotatable bonds is 4. The summed E-state index contributed by atoms with van der Waals surface area (Å²) in [6, 6.07) is 7.51. The highest BCUT2D eigenvalue weighted by molar-refractivity contribution is 5.75. The SMILES string of the molecule is C=C(C)CN(C)c1ccc(C=O)cc1. The van der Waals surface area contributed by atoms with Crippen LogP contribution in [0.2, 0.25) is 0 Å². The quantitative estimate of drug-likeness (QED) is 0.536. The van der Waals surface area contributed by atoms with Crippen LogP contribution in [0.4, 0.5) is 5.69 Å². The van der Waals surface area contributed by atoms with Gasteiger partial charge in [-0.25, -0.2) is 0 Å². The monoisotopic (exact) mass is 189 g/mol. The van der Waals surface area contributed by atoms with Crippen LogP contribution in [0.5, 0.6) is 0 Å². The summed E-state index contributed by atoms with van der Waals surface area (Å²) in [5.41, 5.74) is 2.92. The van der Waals surface area contributed by atoms with Crippen LogP contribution in [0.1, 0.15) is 17.3 Å². The van der Waals surface area contributed by atoms with Crippen LogP contribution in [0.3, 0.4) is 0 Å². The maximum Gasteiger partial charge on any atom is 0.150 e. The number of benzene rings is 1. The molecule has 14 heavy (non-hydrogen) atoms. The molecule has 0 aromatic heterocycles. The van der Waals surface area contributed by atoms with Gasteiger partial charge in [-0.15, -0.1) is 0 Å². The van der Waals surface area contributed by atoms with Gasteiger partial charge in [0.2, 0.25) is 0 Å². The van der Waals surface area contributed by atoms with Gasteiger partial charge in [-0.2, -0.15) is 0 Å². The number of carbonyl (C=O) groups excluding carboxylic acids is 1. The molecule has 0 radical (unpaired) electrons. The van der Waals surface area contributed by atoms with Gasteiger partial charge in [-0.05, 0) is 31.2 Å². The van der Waals surface area contributed by atoms with Gasteiger partial charge in [0.1, 0.15) is 6.29 Å². The van der Waals surface area contributed by atoms with Crippen LogP contribution in [0.15, 0.2) is 36.4 Å². The molecule has 0 heterocycles. The van der Waals surface area contributed by atoms with Crippen LogP contribution in [0.25, 0.3) is 0 Å². The van der Waals surface area contributed by atoms with E-state index in [0.29, 0.717) is 5.56 Å². The van der Waals surface area contributed by atoms with Gasteiger partial charge in [-0.1, -0.05) is 12.2 Å². The zero-order chi connectivity index (χ0) is 10.6. The normalized spacial score (nSPS) is 9.57. The summed E-state index contributed by atoms with van der Waals surface area (Å²) in [6.45, 7) is 6.69. The summed E-state index contributed by atoms with van der Waals surface area (Å²) >= 11 is 0. The fraction of sp³-hybridized carbons (Fsp3) is 0.250. The summed E-state index contributed by atoms with van der Waals surface area (Å²) in [6.07, 6.45) is 0.850. The molecule has 2 nitrogen and oxygen atoms in total. The number of carbonyl (C=O) groups is 1. The first-order valence-corrected chi connectivity index (χ1v) is 4.54. The summed E-state index contributed by atoms with van der Waals surface area (Å²) in [7, 11) is 2.00.